The molecule has 3 rings (SSSR count). The molecule has 3 N–H and O–H groups in total. The van der Waals surface area contributed by atoms with Gasteiger partial charge in [-0.2, -0.15) is 0 Å². The molecule has 8 nitrogen and oxygen atoms in total. The molecule has 0 saturated carbocycles. The van der Waals surface area contributed by atoms with Crippen molar-refractivity contribution < 1.29 is 9.59 Å². The molecule has 0 aliphatic carbocycles. The third kappa shape index (κ3) is 5.00. The zero-order valence-corrected chi connectivity index (χ0v) is 17.8. The van der Waals surface area contributed by atoms with Gasteiger partial charge in [-0.3, -0.25) is 19.0 Å². The third-order valence-electron chi connectivity index (χ3n) is 4.49. The Morgan fingerprint density at radius 2 is 1.93 bits per heavy atom. The van der Waals surface area contributed by atoms with Gasteiger partial charge in [-0.1, -0.05) is 12.1 Å². The van der Waals surface area contributed by atoms with Crippen LogP contribution in [0.15, 0.2) is 47.3 Å². The number of carbonyl (C=O) groups is 2. The molecule has 30 heavy (non-hydrogen) atoms. The minimum absolute atomic E-state index is 0.110. The monoisotopic (exact) mass is 425 g/mol. The summed E-state index contributed by atoms with van der Waals surface area (Å²) in [6.07, 6.45) is 0. The molecule has 0 radical (unpaired) electrons. The fourth-order valence-corrected chi connectivity index (χ4v) is 3.17. The fourth-order valence-electron chi connectivity index (χ4n) is 2.98. The van der Waals surface area contributed by atoms with Crippen molar-refractivity contribution in [3.63, 3.8) is 0 Å². The van der Waals surface area contributed by atoms with Gasteiger partial charge in [0.1, 0.15) is 0 Å². The normalized spacial score (nSPS) is 10.9. The molecule has 1 heterocycles. The van der Waals surface area contributed by atoms with Crippen LogP contribution in [0.5, 0.6) is 0 Å². The number of aromatic amines is 1. The predicted octanol–water partition coefficient (Wildman–Crippen LogP) is 2.03. The number of carbonyl (C=O) groups excluding carboxylic acids is 2. The molecular formula is C21H23N5O3S. The summed E-state index contributed by atoms with van der Waals surface area (Å²) in [5.74, 6) is -0.389. The Labute approximate surface area is 178 Å². The second kappa shape index (κ2) is 9.02. The minimum Gasteiger partial charge on any atom is -0.348 e. The maximum Gasteiger partial charge on any atom is 0.261 e. The van der Waals surface area contributed by atoms with Crippen molar-refractivity contribution in [2.75, 3.05) is 26.0 Å². The zero-order chi connectivity index (χ0) is 21.8. The third-order valence-corrected chi connectivity index (χ3v) is 4.86. The molecule has 0 spiro atoms. The molecule has 3 aromatic rings. The molecule has 0 saturated heterocycles. The molecule has 0 aliphatic heterocycles. The molecule has 2 aromatic carbocycles. The van der Waals surface area contributed by atoms with Gasteiger partial charge in [0, 0.05) is 24.8 Å². The van der Waals surface area contributed by atoms with Crippen LogP contribution in [-0.4, -0.2) is 46.9 Å². The summed E-state index contributed by atoms with van der Waals surface area (Å²) in [5.41, 5.74) is 2.23. The lowest BCUT2D eigenvalue weighted by Gasteiger charge is -2.11. The average Bonchev–Trinajstić information content (AvgIpc) is 2.69. The van der Waals surface area contributed by atoms with Gasteiger partial charge in [-0.05, 0) is 62.2 Å². The van der Waals surface area contributed by atoms with E-state index >= 15 is 0 Å². The maximum absolute atomic E-state index is 12.6. The molecule has 9 heteroatoms. The summed E-state index contributed by atoms with van der Waals surface area (Å²) in [6, 6.07) is 12.1. The van der Waals surface area contributed by atoms with Gasteiger partial charge >= 0.3 is 0 Å². The maximum atomic E-state index is 12.6. The van der Waals surface area contributed by atoms with Crippen LogP contribution >= 0.6 is 12.2 Å². The van der Waals surface area contributed by atoms with E-state index in [0.29, 0.717) is 28.7 Å². The van der Waals surface area contributed by atoms with Crippen molar-refractivity contribution in [3.05, 3.63) is 68.7 Å². The highest BCUT2D eigenvalue weighted by Crippen LogP contribution is 2.13. The van der Waals surface area contributed by atoms with Crippen LogP contribution in [0.25, 0.3) is 10.9 Å². The van der Waals surface area contributed by atoms with Crippen LogP contribution in [0.2, 0.25) is 0 Å². The Balaban J connectivity index is 1.71. The van der Waals surface area contributed by atoms with Gasteiger partial charge in [-0.25, -0.2) is 0 Å². The van der Waals surface area contributed by atoms with E-state index in [1.54, 1.807) is 36.2 Å². The first kappa shape index (κ1) is 21.4. The molecule has 1 aromatic heterocycles. The van der Waals surface area contributed by atoms with E-state index in [9.17, 15) is 14.4 Å². The van der Waals surface area contributed by atoms with Crippen molar-refractivity contribution in [3.8, 4) is 0 Å². The standard InChI is InChI=1S/C21H23N5O3S/c1-25(2)12-18(27)23-15-6-4-5-13(9-15)11-22-19(28)14-7-8-16-17(10-14)24-21(30)26(3)20(16)29/h4-10H,11-12H2,1-3H3,(H,22,28)(H,23,27)(H,24,30). The molecule has 156 valence electrons. The number of H-pyrrole nitrogens is 1. The van der Waals surface area contributed by atoms with Crippen molar-refractivity contribution in [1.82, 2.24) is 19.8 Å². The second-order valence-electron chi connectivity index (χ2n) is 7.22. The van der Waals surface area contributed by atoms with E-state index < -0.39 is 0 Å². The summed E-state index contributed by atoms with van der Waals surface area (Å²) in [4.78, 5) is 41.5. The Hall–Kier alpha value is -3.30. The number of rotatable bonds is 6. The molecule has 0 aliphatic rings. The van der Waals surface area contributed by atoms with Gasteiger partial charge < -0.3 is 20.5 Å². The highest BCUT2D eigenvalue weighted by atomic mass is 32.1. The quantitative estimate of drug-likeness (QED) is 0.525. The first-order chi connectivity index (χ1) is 14.2. The Bertz CT molecular complexity index is 1230. The van der Waals surface area contributed by atoms with Crippen LogP contribution < -0.4 is 16.2 Å². The summed E-state index contributed by atoms with van der Waals surface area (Å²) in [7, 11) is 5.24. The van der Waals surface area contributed by atoms with E-state index in [1.165, 1.54) is 4.57 Å². The van der Waals surface area contributed by atoms with Crippen LogP contribution in [-0.2, 0) is 18.4 Å². The summed E-state index contributed by atoms with van der Waals surface area (Å²) in [6.45, 7) is 0.579. The first-order valence-corrected chi connectivity index (χ1v) is 9.70. The number of nitrogens with one attached hydrogen (secondary N) is 3. The lowest BCUT2D eigenvalue weighted by Crippen LogP contribution is -2.27. The molecular weight excluding hydrogens is 402 g/mol. The van der Waals surface area contributed by atoms with E-state index in [1.807, 2.05) is 32.3 Å². The molecule has 2 amide bonds. The van der Waals surface area contributed by atoms with Gasteiger partial charge in [0.15, 0.2) is 4.77 Å². The van der Waals surface area contributed by atoms with Crippen LogP contribution in [0.3, 0.4) is 0 Å². The van der Waals surface area contributed by atoms with Crippen LogP contribution in [0, 0.1) is 4.77 Å². The van der Waals surface area contributed by atoms with Crippen molar-refractivity contribution >= 4 is 40.6 Å². The number of benzene rings is 2. The van der Waals surface area contributed by atoms with E-state index in [2.05, 4.69) is 15.6 Å². The van der Waals surface area contributed by atoms with E-state index in [-0.39, 0.29) is 28.7 Å². The van der Waals surface area contributed by atoms with Gasteiger partial charge in [0.2, 0.25) is 5.91 Å². The number of hydrogen-bond donors (Lipinski definition) is 3. The molecule has 0 bridgehead atoms. The van der Waals surface area contributed by atoms with E-state index in [4.69, 9.17) is 12.2 Å². The second-order valence-corrected chi connectivity index (χ2v) is 7.61. The highest BCUT2D eigenvalue weighted by molar-refractivity contribution is 7.71. The molecule has 0 atom stereocenters. The lowest BCUT2D eigenvalue weighted by atomic mass is 10.1. The molecule has 0 unspecified atom stereocenters. The Kier molecular flexibility index (Phi) is 6.43. The van der Waals surface area contributed by atoms with Gasteiger partial charge in [-0.15, -0.1) is 0 Å². The SMILES string of the molecule is CN(C)CC(=O)Nc1cccc(CNC(=O)c2ccc3c(=O)n(C)c(=S)[nH]c3c2)c1. The number of aromatic nitrogens is 2. The largest absolute Gasteiger partial charge is 0.348 e. The topological polar surface area (TPSA) is 99.2 Å². The van der Waals surface area contributed by atoms with Crippen molar-refractivity contribution in [1.29, 1.82) is 0 Å². The average molecular weight is 426 g/mol. The van der Waals surface area contributed by atoms with Crippen LogP contribution in [0.4, 0.5) is 5.69 Å². The van der Waals surface area contributed by atoms with Crippen molar-refractivity contribution in [2.24, 2.45) is 7.05 Å². The number of likely N-dealkylation sites (N-methyl/N-ethyl adjacent to an activating group) is 1. The number of nitrogens with zero attached hydrogens (tertiary/aromatic N) is 2. The lowest BCUT2D eigenvalue weighted by molar-refractivity contribution is -0.116. The smallest absolute Gasteiger partial charge is 0.261 e. The zero-order valence-electron chi connectivity index (χ0n) is 17.0. The Morgan fingerprint density at radius 1 is 1.17 bits per heavy atom. The number of hydrogen-bond acceptors (Lipinski definition) is 5. The number of anilines is 1. The van der Waals surface area contributed by atoms with Crippen LogP contribution in [0.1, 0.15) is 15.9 Å². The van der Waals surface area contributed by atoms with Gasteiger partial charge in [0.25, 0.3) is 11.5 Å². The first-order valence-electron chi connectivity index (χ1n) is 9.29. The summed E-state index contributed by atoms with van der Waals surface area (Å²) in [5, 5.41) is 6.14. The minimum atomic E-state index is -0.279. The van der Waals surface area contributed by atoms with Gasteiger partial charge in [0.05, 0.1) is 17.4 Å². The predicted molar refractivity (Wildman–Crippen MR) is 119 cm³/mol. The highest BCUT2D eigenvalue weighted by Gasteiger charge is 2.10. The summed E-state index contributed by atoms with van der Waals surface area (Å²) < 4.78 is 1.64. The fraction of sp³-hybridized carbons (Fsp3) is 0.238. The number of fused-ring (bicyclic) bond motifs is 1. The van der Waals surface area contributed by atoms with E-state index in [0.717, 1.165) is 5.56 Å². The molecule has 0 fully saturated rings. The summed E-state index contributed by atoms with van der Waals surface area (Å²) >= 11 is 5.13. The Morgan fingerprint density at radius 3 is 2.67 bits per heavy atom. The number of amides is 2. The van der Waals surface area contributed by atoms with Crippen molar-refractivity contribution in [2.45, 2.75) is 6.54 Å².